The second-order valence-corrected chi connectivity index (χ2v) is 6.24. The second-order valence-electron chi connectivity index (χ2n) is 5.83. The third-order valence-electron chi connectivity index (χ3n) is 4.09. The van der Waals surface area contributed by atoms with Crippen molar-refractivity contribution in [2.45, 2.75) is 13.5 Å². The normalized spacial score (nSPS) is 10.7. The molecule has 0 saturated carbocycles. The minimum Gasteiger partial charge on any atom is -0.495 e. The summed E-state index contributed by atoms with van der Waals surface area (Å²) in [5.41, 5.74) is 0.716. The van der Waals surface area contributed by atoms with Crippen molar-refractivity contribution in [2.24, 2.45) is 0 Å². The molecule has 3 aromatic rings. The summed E-state index contributed by atoms with van der Waals surface area (Å²) in [6.45, 7) is 1.56. The minimum atomic E-state index is -0.432. The van der Waals surface area contributed by atoms with E-state index in [1.807, 2.05) is 12.1 Å². The highest BCUT2D eigenvalue weighted by Gasteiger charge is 2.15. The van der Waals surface area contributed by atoms with Crippen molar-refractivity contribution < 1.29 is 14.3 Å². The van der Waals surface area contributed by atoms with Gasteiger partial charge in [-0.3, -0.25) is 9.59 Å². The summed E-state index contributed by atoms with van der Waals surface area (Å²) in [6.07, 6.45) is 0. The van der Waals surface area contributed by atoms with Gasteiger partial charge >= 0.3 is 0 Å². The Morgan fingerprint density at radius 1 is 1.15 bits per heavy atom. The van der Waals surface area contributed by atoms with Crippen LogP contribution in [0.3, 0.4) is 0 Å². The second kappa shape index (κ2) is 7.67. The van der Waals surface area contributed by atoms with Crippen LogP contribution in [0.4, 0.5) is 5.69 Å². The van der Waals surface area contributed by atoms with E-state index >= 15 is 0 Å². The SMILES string of the molecule is COc1cc(OC)c(NC(=O)Cn2nc(C)c3ccccc3c2=O)cc1Cl. The van der Waals surface area contributed by atoms with Crippen molar-refractivity contribution in [3.63, 3.8) is 0 Å². The molecule has 0 spiro atoms. The van der Waals surface area contributed by atoms with Gasteiger partial charge in [-0.2, -0.15) is 5.10 Å². The highest BCUT2D eigenvalue weighted by molar-refractivity contribution is 6.32. The fourth-order valence-electron chi connectivity index (χ4n) is 2.80. The number of carbonyl (C=O) groups excluding carboxylic acids is 1. The number of amides is 1. The highest BCUT2D eigenvalue weighted by Crippen LogP contribution is 2.35. The molecule has 1 amide bonds. The molecule has 3 rings (SSSR count). The first-order chi connectivity index (χ1) is 12.9. The van der Waals surface area contributed by atoms with E-state index in [2.05, 4.69) is 10.4 Å². The first-order valence-corrected chi connectivity index (χ1v) is 8.50. The maximum atomic E-state index is 12.6. The van der Waals surface area contributed by atoms with Crippen LogP contribution in [0.2, 0.25) is 5.02 Å². The molecule has 7 nitrogen and oxygen atoms in total. The molecule has 0 fully saturated rings. The van der Waals surface area contributed by atoms with Crippen LogP contribution in [0.1, 0.15) is 5.69 Å². The molecular weight excluding hydrogens is 370 g/mol. The van der Waals surface area contributed by atoms with E-state index in [1.165, 1.54) is 20.3 Å². The Labute approximate surface area is 160 Å². The monoisotopic (exact) mass is 387 g/mol. The molecule has 0 radical (unpaired) electrons. The number of carbonyl (C=O) groups is 1. The van der Waals surface area contributed by atoms with Gasteiger partial charge in [-0.1, -0.05) is 29.8 Å². The van der Waals surface area contributed by atoms with Gasteiger partial charge in [-0.25, -0.2) is 4.68 Å². The zero-order chi connectivity index (χ0) is 19.6. The number of nitrogens with one attached hydrogen (secondary N) is 1. The van der Waals surface area contributed by atoms with Crippen LogP contribution in [0.25, 0.3) is 10.8 Å². The summed E-state index contributed by atoms with van der Waals surface area (Å²) >= 11 is 6.11. The number of nitrogens with zero attached hydrogens (tertiary/aromatic N) is 2. The van der Waals surface area contributed by atoms with E-state index in [4.69, 9.17) is 21.1 Å². The van der Waals surface area contributed by atoms with Gasteiger partial charge in [0.25, 0.3) is 5.56 Å². The topological polar surface area (TPSA) is 82.4 Å². The molecule has 1 aromatic heterocycles. The Morgan fingerprint density at radius 2 is 1.81 bits per heavy atom. The number of ether oxygens (including phenoxy) is 2. The lowest BCUT2D eigenvalue weighted by molar-refractivity contribution is -0.117. The van der Waals surface area contributed by atoms with Crippen LogP contribution in [-0.2, 0) is 11.3 Å². The average molecular weight is 388 g/mol. The Balaban J connectivity index is 1.89. The maximum absolute atomic E-state index is 12.6. The van der Waals surface area contributed by atoms with E-state index in [1.54, 1.807) is 25.1 Å². The predicted octanol–water partition coefficient (Wildman–Crippen LogP) is 3.01. The Morgan fingerprint density at radius 3 is 2.48 bits per heavy atom. The third-order valence-corrected chi connectivity index (χ3v) is 4.39. The zero-order valence-corrected chi connectivity index (χ0v) is 15.8. The van der Waals surface area contributed by atoms with Gasteiger partial charge in [0.05, 0.1) is 36.0 Å². The summed E-state index contributed by atoms with van der Waals surface area (Å²) in [5, 5.41) is 8.54. The number of benzene rings is 2. The summed E-state index contributed by atoms with van der Waals surface area (Å²) < 4.78 is 11.5. The van der Waals surface area contributed by atoms with Gasteiger partial charge in [0, 0.05) is 11.5 Å². The first kappa shape index (κ1) is 18.7. The molecular formula is C19H18ClN3O4. The molecule has 8 heteroatoms. The molecule has 0 saturated heterocycles. The summed E-state index contributed by atoms with van der Waals surface area (Å²) in [7, 11) is 2.95. The number of hydrogen-bond donors (Lipinski definition) is 1. The molecule has 1 heterocycles. The lowest BCUT2D eigenvalue weighted by Crippen LogP contribution is -2.30. The van der Waals surface area contributed by atoms with Crippen molar-refractivity contribution in [3.05, 3.63) is 57.5 Å². The largest absolute Gasteiger partial charge is 0.495 e. The number of anilines is 1. The van der Waals surface area contributed by atoms with Crippen LogP contribution < -0.4 is 20.3 Å². The highest BCUT2D eigenvalue weighted by atomic mass is 35.5. The summed E-state index contributed by atoms with van der Waals surface area (Å²) in [5.74, 6) is 0.382. The molecule has 0 bridgehead atoms. The maximum Gasteiger partial charge on any atom is 0.275 e. The van der Waals surface area contributed by atoms with Crippen LogP contribution in [0.15, 0.2) is 41.2 Å². The molecule has 2 aromatic carbocycles. The molecule has 0 atom stereocenters. The Bertz CT molecular complexity index is 1080. The zero-order valence-electron chi connectivity index (χ0n) is 15.1. The van der Waals surface area contributed by atoms with Crippen LogP contribution in [0, 0.1) is 6.92 Å². The lowest BCUT2D eigenvalue weighted by atomic mass is 10.1. The van der Waals surface area contributed by atoms with E-state index in [0.29, 0.717) is 33.3 Å². The quantitative estimate of drug-likeness (QED) is 0.727. The van der Waals surface area contributed by atoms with Crippen LogP contribution >= 0.6 is 11.6 Å². The van der Waals surface area contributed by atoms with Gasteiger partial charge in [-0.05, 0) is 19.1 Å². The minimum absolute atomic E-state index is 0.239. The van der Waals surface area contributed by atoms with E-state index in [-0.39, 0.29) is 12.1 Å². The van der Waals surface area contributed by atoms with E-state index < -0.39 is 5.91 Å². The number of aromatic nitrogens is 2. The van der Waals surface area contributed by atoms with Gasteiger partial charge in [0.15, 0.2) is 0 Å². The van der Waals surface area contributed by atoms with E-state index in [9.17, 15) is 9.59 Å². The lowest BCUT2D eigenvalue weighted by Gasteiger charge is -2.14. The summed E-state index contributed by atoms with van der Waals surface area (Å²) in [6, 6.07) is 10.3. The molecule has 1 N–H and O–H groups in total. The number of rotatable bonds is 5. The van der Waals surface area contributed by atoms with Crippen molar-refractivity contribution in [1.29, 1.82) is 0 Å². The number of hydrogen-bond acceptors (Lipinski definition) is 5. The van der Waals surface area contributed by atoms with E-state index in [0.717, 1.165) is 10.1 Å². The Kier molecular flexibility index (Phi) is 5.32. The molecule has 0 unspecified atom stereocenters. The smallest absolute Gasteiger partial charge is 0.275 e. The van der Waals surface area contributed by atoms with Gasteiger partial charge in [0.2, 0.25) is 5.91 Å². The van der Waals surface area contributed by atoms with Crippen LogP contribution in [-0.4, -0.2) is 29.9 Å². The standard InChI is InChI=1S/C19H18ClN3O4/c1-11-12-6-4-5-7-13(12)19(25)23(22-11)10-18(24)21-15-8-14(20)16(26-2)9-17(15)27-3/h4-9H,10H2,1-3H3,(H,21,24). The number of aryl methyl sites for hydroxylation is 1. The average Bonchev–Trinajstić information content (AvgIpc) is 2.66. The Hall–Kier alpha value is -3.06. The third kappa shape index (κ3) is 3.73. The molecule has 27 heavy (non-hydrogen) atoms. The van der Waals surface area contributed by atoms with Gasteiger partial charge < -0.3 is 14.8 Å². The number of halogens is 1. The van der Waals surface area contributed by atoms with Gasteiger partial charge in [0.1, 0.15) is 18.0 Å². The first-order valence-electron chi connectivity index (χ1n) is 8.12. The number of fused-ring (bicyclic) bond motifs is 1. The number of methoxy groups -OCH3 is 2. The van der Waals surface area contributed by atoms with Gasteiger partial charge in [-0.15, -0.1) is 0 Å². The fourth-order valence-corrected chi connectivity index (χ4v) is 3.04. The summed E-state index contributed by atoms with van der Waals surface area (Å²) in [4.78, 5) is 25.1. The fraction of sp³-hybridized carbons (Fsp3) is 0.211. The molecule has 140 valence electrons. The van der Waals surface area contributed by atoms with Crippen molar-refractivity contribution in [1.82, 2.24) is 9.78 Å². The van der Waals surface area contributed by atoms with Crippen LogP contribution in [0.5, 0.6) is 11.5 Å². The van der Waals surface area contributed by atoms with Crippen molar-refractivity contribution in [3.8, 4) is 11.5 Å². The predicted molar refractivity (Wildman–Crippen MR) is 104 cm³/mol. The molecule has 0 aliphatic carbocycles. The van der Waals surface area contributed by atoms with Crippen molar-refractivity contribution >= 4 is 34.0 Å². The molecule has 0 aliphatic heterocycles. The molecule has 0 aliphatic rings. The van der Waals surface area contributed by atoms with Crippen molar-refractivity contribution in [2.75, 3.05) is 19.5 Å².